The predicted molar refractivity (Wildman–Crippen MR) is 52.3 cm³/mol. The van der Waals surface area contributed by atoms with Crippen LogP contribution in [0, 0.1) is 0 Å². The Morgan fingerprint density at radius 3 is 2.67 bits per heavy atom. The third-order valence-electron chi connectivity index (χ3n) is 1.48. The fourth-order valence-corrected chi connectivity index (χ4v) is 1.26. The van der Waals surface area contributed by atoms with Gasteiger partial charge in [-0.25, -0.2) is 0 Å². The van der Waals surface area contributed by atoms with Gasteiger partial charge in [-0.2, -0.15) is 11.8 Å². The first-order valence-electron chi connectivity index (χ1n) is 3.99. The number of likely N-dealkylation sites (N-methyl/N-ethyl adjacent to an activating group) is 1. The van der Waals surface area contributed by atoms with Gasteiger partial charge in [0.05, 0.1) is 6.10 Å². The molecule has 0 radical (unpaired) electrons. The van der Waals surface area contributed by atoms with Crippen molar-refractivity contribution in [2.24, 2.45) is 0 Å². The lowest BCUT2D eigenvalue weighted by atomic mass is 10.3. The van der Waals surface area contributed by atoms with Gasteiger partial charge < -0.3 is 10.0 Å². The van der Waals surface area contributed by atoms with Crippen LogP contribution < -0.4 is 0 Å². The number of amides is 1. The van der Waals surface area contributed by atoms with Crippen LogP contribution in [0.2, 0.25) is 0 Å². The first-order chi connectivity index (χ1) is 5.57. The summed E-state index contributed by atoms with van der Waals surface area (Å²) in [4.78, 5) is 12.8. The zero-order valence-corrected chi connectivity index (χ0v) is 8.73. The van der Waals surface area contributed by atoms with Crippen LogP contribution in [-0.4, -0.2) is 47.6 Å². The fourth-order valence-electron chi connectivity index (χ4n) is 0.878. The molecule has 0 saturated carbocycles. The SMILES string of the molecule is CSCCC(=O)N(C)CC(C)O. The molecule has 0 fully saturated rings. The molecule has 4 heteroatoms. The van der Waals surface area contributed by atoms with Crippen molar-refractivity contribution in [1.29, 1.82) is 0 Å². The minimum Gasteiger partial charge on any atom is -0.392 e. The van der Waals surface area contributed by atoms with Crippen LogP contribution in [-0.2, 0) is 4.79 Å². The number of rotatable bonds is 5. The lowest BCUT2D eigenvalue weighted by Crippen LogP contribution is -2.33. The van der Waals surface area contributed by atoms with E-state index in [-0.39, 0.29) is 5.91 Å². The minimum atomic E-state index is -0.437. The highest BCUT2D eigenvalue weighted by atomic mass is 32.2. The molecule has 0 saturated heterocycles. The molecule has 1 unspecified atom stereocenters. The van der Waals surface area contributed by atoms with E-state index in [1.807, 2.05) is 6.26 Å². The monoisotopic (exact) mass is 191 g/mol. The van der Waals surface area contributed by atoms with E-state index in [2.05, 4.69) is 0 Å². The van der Waals surface area contributed by atoms with Gasteiger partial charge in [0.15, 0.2) is 0 Å². The Morgan fingerprint density at radius 1 is 1.67 bits per heavy atom. The van der Waals surface area contributed by atoms with Crippen molar-refractivity contribution >= 4 is 17.7 Å². The van der Waals surface area contributed by atoms with Crippen molar-refractivity contribution in [3.63, 3.8) is 0 Å². The highest BCUT2D eigenvalue weighted by Crippen LogP contribution is 1.99. The van der Waals surface area contributed by atoms with E-state index in [0.717, 1.165) is 5.75 Å². The van der Waals surface area contributed by atoms with Gasteiger partial charge in [-0.05, 0) is 13.2 Å². The van der Waals surface area contributed by atoms with Gasteiger partial charge in [0.1, 0.15) is 0 Å². The predicted octanol–water partition coefficient (Wildman–Crippen LogP) is 0.579. The normalized spacial score (nSPS) is 12.7. The van der Waals surface area contributed by atoms with Gasteiger partial charge in [-0.1, -0.05) is 0 Å². The topological polar surface area (TPSA) is 40.5 Å². The fraction of sp³-hybridized carbons (Fsp3) is 0.875. The molecule has 0 aromatic heterocycles. The molecule has 0 heterocycles. The quantitative estimate of drug-likeness (QED) is 0.691. The molecule has 0 aliphatic heterocycles. The second kappa shape index (κ2) is 6.31. The maximum Gasteiger partial charge on any atom is 0.223 e. The van der Waals surface area contributed by atoms with Crippen LogP contribution in [0.1, 0.15) is 13.3 Å². The maximum absolute atomic E-state index is 11.2. The molecule has 1 atom stereocenters. The molecular formula is C8H17NO2S. The number of carbonyl (C=O) groups is 1. The Kier molecular flexibility index (Phi) is 6.20. The van der Waals surface area contributed by atoms with Crippen molar-refractivity contribution in [2.75, 3.05) is 25.6 Å². The van der Waals surface area contributed by atoms with Crippen LogP contribution in [0.5, 0.6) is 0 Å². The van der Waals surface area contributed by atoms with Crippen LogP contribution in [0.15, 0.2) is 0 Å². The molecule has 3 nitrogen and oxygen atoms in total. The van der Waals surface area contributed by atoms with Crippen LogP contribution in [0.4, 0.5) is 0 Å². The van der Waals surface area contributed by atoms with Gasteiger partial charge in [0, 0.05) is 25.8 Å². The zero-order chi connectivity index (χ0) is 9.56. The number of aliphatic hydroxyl groups is 1. The van der Waals surface area contributed by atoms with Crippen molar-refractivity contribution < 1.29 is 9.90 Å². The van der Waals surface area contributed by atoms with E-state index in [4.69, 9.17) is 5.11 Å². The Morgan fingerprint density at radius 2 is 2.25 bits per heavy atom. The van der Waals surface area contributed by atoms with Gasteiger partial charge in [0.2, 0.25) is 5.91 Å². The van der Waals surface area contributed by atoms with Crippen molar-refractivity contribution in [3.8, 4) is 0 Å². The zero-order valence-electron chi connectivity index (χ0n) is 7.91. The van der Waals surface area contributed by atoms with Gasteiger partial charge in [0.25, 0.3) is 0 Å². The molecule has 0 spiro atoms. The number of carbonyl (C=O) groups excluding carboxylic acids is 1. The molecule has 1 N–H and O–H groups in total. The number of hydrogen-bond acceptors (Lipinski definition) is 3. The van der Waals surface area contributed by atoms with Crippen LogP contribution in [0.25, 0.3) is 0 Å². The average molecular weight is 191 g/mol. The van der Waals surface area contributed by atoms with Crippen molar-refractivity contribution in [1.82, 2.24) is 4.90 Å². The molecule has 12 heavy (non-hydrogen) atoms. The van der Waals surface area contributed by atoms with E-state index in [1.165, 1.54) is 0 Å². The van der Waals surface area contributed by atoms with Gasteiger partial charge >= 0.3 is 0 Å². The summed E-state index contributed by atoms with van der Waals surface area (Å²) < 4.78 is 0. The Labute approximate surface area is 78.1 Å². The smallest absolute Gasteiger partial charge is 0.223 e. The highest BCUT2D eigenvalue weighted by molar-refractivity contribution is 7.98. The first-order valence-corrected chi connectivity index (χ1v) is 5.38. The summed E-state index contributed by atoms with van der Waals surface area (Å²) in [5.74, 6) is 0.952. The summed E-state index contributed by atoms with van der Waals surface area (Å²) in [5.41, 5.74) is 0. The molecule has 0 aromatic rings. The molecule has 0 rings (SSSR count). The summed E-state index contributed by atoms with van der Waals surface area (Å²) in [7, 11) is 1.72. The molecule has 0 bridgehead atoms. The Hall–Kier alpha value is -0.220. The summed E-state index contributed by atoms with van der Waals surface area (Å²) in [6.07, 6.45) is 2.10. The minimum absolute atomic E-state index is 0.102. The van der Waals surface area contributed by atoms with Gasteiger partial charge in [-0.3, -0.25) is 4.79 Å². The van der Waals surface area contributed by atoms with E-state index < -0.39 is 6.10 Å². The first kappa shape index (κ1) is 11.8. The number of nitrogens with zero attached hydrogens (tertiary/aromatic N) is 1. The number of thioether (sulfide) groups is 1. The summed E-state index contributed by atoms with van der Waals surface area (Å²) in [6, 6.07) is 0. The highest BCUT2D eigenvalue weighted by Gasteiger charge is 2.09. The van der Waals surface area contributed by atoms with Crippen LogP contribution >= 0.6 is 11.8 Å². The molecule has 0 aliphatic carbocycles. The molecule has 0 aromatic carbocycles. The Bertz CT molecular complexity index is 139. The van der Waals surface area contributed by atoms with E-state index >= 15 is 0 Å². The van der Waals surface area contributed by atoms with E-state index in [0.29, 0.717) is 13.0 Å². The maximum atomic E-state index is 11.2. The molecule has 1 amide bonds. The molecular weight excluding hydrogens is 174 g/mol. The molecule has 0 aliphatic rings. The summed E-state index contributed by atoms with van der Waals surface area (Å²) in [5, 5.41) is 9.00. The second-order valence-corrected chi connectivity index (χ2v) is 3.85. The number of aliphatic hydroxyl groups excluding tert-OH is 1. The van der Waals surface area contributed by atoms with E-state index in [1.54, 1.807) is 30.6 Å². The van der Waals surface area contributed by atoms with Crippen molar-refractivity contribution in [3.05, 3.63) is 0 Å². The van der Waals surface area contributed by atoms with E-state index in [9.17, 15) is 4.79 Å². The standard InChI is InChI=1S/C8H17NO2S/c1-7(10)6-9(2)8(11)4-5-12-3/h7,10H,4-6H2,1-3H3. The van der Waals surface area contributed by atoms with Crippen LogP contribution in [0.3, 0.4) is 0 Å². The largest absolute Gasteiger partial charge is 0.392 e. The third kappa shape index (κ3) is 5.43. The van der Waals surface area contributed by atoms with Gasteiger partial charge in [-0.15, -0.1) is 0 Å². The third-order valence-corrected chi connectivity index (χ3v) is 2.10. The number of hydrogen-bond donors (Lipinski definition) is 1. The summed E-state index contributed by atoms with van der Waals surface area (Å²) >= 11 is 1.66. The van der Waals surface area contributed by atoms with Crippen molar-refractivity contribution in [2.45, 2.75) is 19.4 Å². The lowest BCUT2D eigenvalue weighted by molar-refractivity contribution is -0.130. The lowest BCUT2D eigenvalue weighted by Gasteiger charge is -2.18. The molecule has 72 valence electrons. The summed E-state index contributed by atoms with van der Waals surface area (Å²) in [6.45, 7) is 2.10. The Balaban J connectivity index is 3.61. The average Bonchev–Trinajstić information content (AvgIpc) is 1.98. The second-order valence-electron chi connectivity index (χ2n) is 2.87.